The molecule has 0 spiro atoms. The topological polar surface area (TPSA) is 29.3 Å². The molecular weight excluding hydrogens is 244 g/mol. The molecule has 1 heterocycles. The molecule has 2 nitrogen and oxygen atoms in total. The molecule has 2 N–H and O–H groups in total. The van der Waals surface area contributed by atoms with Crippen molar-refractivity contribution in [3.8, 4) is 0 Å². The summed E-state index contributed by atoms with van der Waals surface area (Å²) in [5, 5.41) is 0. The van der Waals surface area contributed by atoms with Crippen molar-refractivity contribution in [2.24, 2.45) is 11.7 Å². The fourth-order valence-corrected chi connectivity index (χ4v) is 4.09. The Morgan fingerprint density at radius 2 is 1.90 bits per heavy atom. The maximum absolute atomic E-state index is 6.45. The highest BCUT2D eigenvalue weighted by molar-refractivity contribution is 5.25. The van der Waals surface area contributed by atoms with Crippen molar-refractivity contribution < 1.29 is 0 Å². The smallest absolute Gasteiger partial charge is 0.0424 e. The lowest BCUT2D eigenvalue weighted by Gasteiger charge is -2.33. The maximum Gasteiger partial charge on any atom is 0.0424 e. The van der Waals surface area contributed by atoms with Crippen LogP contribution in [0.4, 0.5) is 0 Å². The molecule has 2 fully saturated rings. The van der Waals surface area contributed by atoms with Gasteiger partial charge in [-0.1, -0.05) is 44.0 Å². The van der Waals surface area contributed by atoms with Crippen molar-refractivity contribution in [1.82, 2.24) is 4.90 Å². The highest BCUT2D eigenvalue weighted by Crippen LogP contribution is 2.36. The Bertz CT molecular complexity index is 426. The van der Waals surface area contributed by atoms with E-state index in [1.54, 1.807) is 0 Å². The lowest BCUT2D eigenvalue weighted by molar-refractivity contribution is 0.174. The summed E-state index contributed by atoms with van der Waals surface area (Å²) in [5.74, 6) is 0.957. The first-order chi connectivity index (χ1) is 9.78. The number of rotatable bonds is 4. The molecule has 110 valence electrons. The van der Waals surface area contributed by atoms with Gasteiger partial charge in [0.1, 0.15) is 0 Å². The molecule has 3 atom stereocenters. The number of benzene rings is 1. The van der Waals surface area contributed by atoms with E-state index in [2.05, 4.69) is 36.1 Å². The summed E-state index contributed by atoms with van der Waals surface area (Å²) in [6, 6.07) is 9.88. The summed E-state index contributed by atoms with van der Waals surface area (Å²) in [6.45, 7) is 4.49. The summed E-state index contributed by atoms with van der Waals surface area (Å²) in [6.07, 6.45) is 8.20. The first kappa shape index (κ1) is 14.1. The fourth-order valence-electron chi connectivity index (χ4n) is 4.09. The minimum atomic E-state index is 0.168. The zero-order chi connectivity index (χ0) is 13.9. The minimum absolute atomic E-state index is 0.168. The number of aryl methyl sites for hydroxylation is 1. The van der Waals surface area contributed by atoms with Crippen LogP contribution >= 0.6 is 0 Å². The Kier molecular flexibility index (Phi) is 4.42. The normalized spacial score (nSPS) is 28.3. The summed E-state index contributed by atoms with van der Waals surface area (Å²) >= 11 is 0. The lowest BCUT2D eigenvalue weighted by Crippen LogP contribution is -2.39. The van der Waals surface area contributed by atoms with Crippen molar-refractivity contribution >= 4 is 0 Å². The van der Waals surface area contributed by atoms with Gasteiger partial charge < -0.3 is 5.73 Å². The predicted molar refractivity (Wildman–Crippen MR) is 84.7 cm³/mol. The van der Waals surface area contributed by atoms with Crippen molar-refractivity contribution in [2.75, 3.05) is 13.1 Å². The fraction of sp³-hybridized carbons (Fsp3) is 0.667. The van der Waals surface area contributed by atoms with Gasteiger partial charge >= 0.3 is 0 Å². The van der Waals surface area contributed by atoms with Crippen LogP contribution in [0, 0.1) is 5.92 Å². The van der Waals surface area contributed by atoms with Gasteiger partial charge in [-0.2, -0.15) is 0 Å². The van der Waals surface area contributed by atoms with Crippen LogP contribution < -0.4 is 5.73 Å². The molecule has 1 aromatic carbocycles. The lowest BCUT2D eigenvalue weighted by atomic mass is 9.85. The van der Waals surface area contributed by atoms with Gasteiger partial charge in [0, 0.05) is 18.6 Å². The Labute approximate surface area is 123 Å². The first-order valence-corrected chi connectivity index (χ1v) is 8.36. The number of hydrogen-bond acceptors (Lipinski definition) is 2. The average Bonchev–Trinajstić information content (AvgIpc) is 2.91. The maximum atomic E-state index is 6.45. The molecule has 3 unspecified atom stereocenters. The van der Waals surface area contributed by atoms with Crippen LogP contribution in [-0.4, -0.2) is 24.0 Å². The molecule has 0 bridgehead atoms. The third kappa shape index (κ3) is 2.91. The van der Waals surface area contributed by atoms with E-state index in [1.807, 2.05) is 0 Å². The molecule has 20 heavy (non-hydrogen) atoms. The summed E-state index contributed by atoms with van der Waals surface area (Å²) in [5.41, 5.74) is 9.14. The molecule has 1 aliphatic carbocycles. The van der Waals surface area contributed by atoms with E-state index in [4.69, 9.17) is 5.73 Å². The third-order valence-electron chi connectivity index (χ3n) is 5.37. The predicted octanol–water partition coefficient (Wildman–Crippen LogP) is 3.51. The highest BCUT2D eigenvalue weighted by atomic mass is 15.2. The molecule has 0 aromatic heterocycles. The highest BCUT2D eigenvalue weighted by Gasteiger charge is 2.35. The van der Waals surface area contributed by atoms with E-state index >= 15 is 0 Å². The van der Waals surface area contributed by atoms with Crippen molar-refractivity contribution in [1.29, 1.82) is 0 Å². The molecule has 2 aliphatic rings. The van der Waals surface area contributed by atoms with Gasteiger partial charge in [-0.25, -0.2) is 0 Å². The van der Waals surface area contributed by atoms with Crippen LogP contribution in [0.15, 0.2) is 24.3 Å². The van der Waals surface area contributed by atoms with Gasteiger partial charge in [0.2, 0.25) is 0 Å². The molecule has 1 aromatic rings. The van der Waals surface area contributed by atoms with E-state index in [-0.39, 0.29) is 6.04 Å². The summed E-state index contributed by atoms with van der Waals surface area (Å²) in [7, 11) is 0. The molecule has 1 saturated carbocycles. The molecular formula is C18H28N2. The Morgan fingerprint density at radius 1 is 1.15 bits per heavy atom. The Balaban J connectivity index is 1.61. The molecule has 1 aliphatic heterocycles. The first-order valence-electron chi connectivity index (χ1n) is 8.36. The van der Waals surface area contributed by atoms with Gasteiger partial charge in [-0.3, -0.25) is 4.90 Å². The third-order valence-corrected chi connectivity index (χ3v) is 5.37. The molecule has 0 radical (unpaired) electrons. The van der Waals surface area contributed by atoms with Gasteiger partial charge in [0.25, 0.3) is 0 Å². The van der Waals surface area contributed by atoms with Gasteiger partial charge in [0.05, 0.1) is 0 Å². The van der Waals surface area contributed by atoms with Crippen LogP contribution in [0.1, 0.15) is 56.2 Å². The average molecular weight is 272 g/mol. The zero-order valence-corrected chi connectivity index (χ0v) is 12.7. The van der Waals surface area contributed by atoms with E-state index < -0.39 is 0 Å². The molecule has 1 saturated heterocycles. The number of fused-ring (bicyclic) bond motifs is 1. The standard InChI is InChI=1S/C18H28N2/c1-2-14-7-9-15(10-8-14)17(19)13-20-12-11-16-5-3-4-6-18(16)20/h7-10,16-18H,2-6,11-13,19H2,1H3. The SMILES string of the molecule is CCc1ccc(C(N)CN2CCC3CCCCC32)cc1. The van der Waals surface area contributed by atoms with Gasteiger partial charge in [0.15, 0.2) is 0 Å². The van der Waals surface area contributed by atoms with E-state index in [0.717, 1.165) is 24.9 Å². The molecule has 3 rings (SSSR count). The van der Waals surface area contributed by atoms with E-state index in [1.165, 1.54) is 49.8 Å². The van der Waals surface area contributed by atoms with Crippen LogP contribution in [0.25, 0.3) is 0 Å². The minimum Gasteiger partial charge on any atom is -0.323 e. The van der Waals surface area contributed by atoms with Crippen molar-refractivity contribution in [2.45, 2.75) is 57.5 Å². The van der Waals surface area contributed by atoms with Crippen LogP contribution in [0.5, 0.6) is 0 Å². The van der Waals surface area contributed by atoms with Crippen molar-refractivity contribution in [3.63, 3.8) is 0 Å². The Morgan fingerprint density at radius 3 is 2.65 bits per heavy atom. The Hall–Kier alpha value is -0.860. The second-order valence-electron chi connectivity index (χ2n) is 6.60. The quantitative estimate of drug-likeness (QED) is 0.909. The summed E-state index contributed by atoms with van der Waals surface area (Å²) in [4.78, 5) is 2.67. The number of nitrogens with two attached hydrogens (primary N) is 1. The monoisotopic (exact) mass is 272 g/mol. The van der Waals surface area contributed by atoms with Gasteiger partial charge in [-0.15, -0.1) is 0 Å². The van der Waals surface area contributed by atoms with Crippen LogP contribution in [0.2, 0.25) is 0 Å². The number of nitrogens with zero attached hydrogens (tertiary/aromatic N) is 1. The van der Waals surface area contributed by atoms with Crippen LogP contribution in [-0.2, 0) is 6.42 Å². The summed E-state index contributed by atoms with van der Waals surface area (Å²) < 4.78 is 0. The zero-order valence-electron chi connectivity index (χ0n) is 12.7. The second-order valence-corrected chi connectivity index (χ2v) is 6.60. The molecule has 0 amide bonds. The van der Waals surface area contributed by atoms with Crippen LogP contribution in [0.3, 0.4) is 0 Å². The second kappa shape index (κ2) is 6.28. The molecule has 2 heteroatoms. The number of likely N-dealkylation sites (tertiary alicyclic amines) is 1. The number of hydrogen-bond donors (Lipinski definition) is 1. The van der Waals surface area contributed by atoms with E-state index in [9.17, 15) is 0 Å². The largest absolute Gasteiger partial charge is 0.323 e. The van der Waals surface area contributed by atoms with Gasteiger partial charge in [-0.05, 0) is 49.3 Å². The van der Waals surface area contributed by atoms with E-state index in [0.29, 0.717) is 0 Å². The van der Waals surface area contributed by atoms with Crippen molar-refractivity contribution in [3.05, 3.63) is 35.4 Å².